The van der Waals surface area contributed by atoms with Crippen LogP contribution in [-0.4, -0.2) is 25.5 Å². The summed E-state index contributed by atoms with van der Waals surface area (Å²) >= 11 is 0. The Bertz CT molecular complexity index is 797. The van der Waals surface area contributed by atoms with Crippen LogP contribution in [0.15, 0.2) is 54.1 Å². The maximum absolute atomic E-state index is 12.1. The van der Waals surface area contributed by atoms with Crippen LogP contribution in [0.1, 0.15) is 17.5 Å². The Morgan fingerprint density at radius 3 is 2.80 bits per heavy atom. The van der Waals surface area contributed by atoms with Crippen LogP contribution in [0.4, 0.5) is 0 Å². The highest BCUT2D eigenvalue weighted by molar-refractivity contribution is 5.95. The summed E-state index contributed by atoms with van der Waals surface area (Å²) in [6, 6.07) is 15.5. The molecule has 2 aliphatic heterocycles. The number of cyclic esters (lactones) is 1. The Balaban J connectivity index is 1.35. The van der Waals surface area contributed by atoms with E-state index in [-0.39, 0.29) is 18.9 Å². The molecule has 2 aliphatic rings. The molecule has 0 saturated carbocycles. The van der Waals surface area contributed by atoms with E-state index in [0.717, 1.165) is 16.9 Å². The Labute approximate surface area is 145 Å². The van der Waals surface area contributed by atoms with Crippen molar-refractivity contribution in [3.63, 3.8) is 0 Å². The number of benzene rings is 2. The first-order chi connectivity index (χ1) is 12.3. The van der Waals surface area contributed by atoms with Crippen LogP contribution in [0.25, 0.3) is 6.08 Å². The molecule has 5 heteroatoms. The van der Waals surface area contributed by atoms with E-state index in [9.17, 15) is 4.79 Å². The van der Waals surface area contributed by atoms with Crippen LogP contribution in [0.2, 0.25) is 0 Å². The first-order valence-electron chi connectivity index (χ1n) is 8.21. The molecule has 5 nitrogen and oxygen atoms in total. The molecule has 0 aromatic heterocycles. The van der Waals surface area contributed by atoms with Crippen molar-refractivity contribution in [1.29, 1.82) is 0 Å². The Morgan fingerprint density at radius 2 is 1.92 bits per heavy atom. The highest BCUT2D eigenvalue weighted by Crippen LogP contribution is 2.34. The van der Waals surface area contributed by atoms with Gasteiger partial charge in [-0.3, -0.25) is 0 Å². The van der Waals surface area contributed by atoms with Crippen molar-refractivity contribution < 1.29 is 23.7 Å². The Morgan fingerprint density at radius 1 is 1.08 bits per heavy atom. The monoisotopic (exact) mass is 338 g/mol. The average Bonchev–Trinajstić information content (AvgIpc) is 3.22. The van der Waals surface area contributed by atoms with Crippen LogP contribution in [0.5, 0.6) is 11.5 Å². The quantitative estimate of drug-likeness (QED) is 0.618. The number of hydrogen-bond acceptors (Lipinski definition) is 5. The van der Waals surface area contributed by atoms with Gasteiger partial charge in [-0.15, -0.1) is 0 Å². The van der Waals surface area contributed by atoms with Crippen molar-refractivity contribution in [3.8, 4) is 11.5 Å². The van der Waals surface area contributed by atoms with Gasteiger partial charge in [0.15, 0.2) is 11.5 Å². The molecule has 1 atom stereocenters. The molecule has 128 valence electrons. The molecule has 0 radical (unpaired) electrons. The largest absolute Gasteiger partial charge is 0.456 e. The fraction of sp³-hybridized carbons (Fsp3) is 0.250. The van der Waals surface area contributed by atoms with E-state index >= 15 is 0 Å². The topological polar surface area (TPSA) is 54.0 Å². The summed E-state index contributed by atoms with van der Waals surface area (Å²) in [4.78, 5) is 12.1. The number of ether oxygens (including phenoxy) is 4. The summed E-state index contributed by atoms with van der Waals surface area (Å²) in [5.41, 5.74) is 2.64. The summed E-state index contributed by atoms with van der Waals surface area (Å²) in [6.45, 7) is 1.13. The molecule has 0 aliphatic carbocycles. The molecular weight excluding hydrogens is 320 g/mol. The third-order valence-corrected chi connectivity index (χ3v) is 4.14. The van der Waals surface area contributed by atoms with Crippen molar-refractivity contribution in [3.05, 3.63) is 65.2 Å². The SMILES string of the molecule is O=C1OC(COCc2ccccc2)C/C1=C\c1ccc2c(c1)OCO2. The molecule has 0 N–H and O–H groups in total. The van der Waals surface area contributed by atoms with Gasteiger partial charge in [0.05, 0.1) is 13.2 Å². The van der Waals surface area contributed by atoms with Gasteiger partial charge in [0.25, 0.3) is 0 Å². The molecule has 2 heterocycles. The lowest BCUT2D eigenvalue weighted by molar-refractivity contribution is -0.141. The van der Waals surface area contributed by atoms with Crippen LogP contribution in [-0.2, 0) is 20.9 Å². The van der Waals surface area contributed by atoms with Crippen LogP contribution < -0.4 is 9.47 Å². The summed E-state index contributed by atoms with van der Waals surface area (Å²) in [7, 11) is 0. The second-order valence-corrected chi connectivity index (χ2v) is 6.01. The molecule has 2 aromatic rings. The van der Waals surface area contributed by atoms with Gasteiger partial charge in [-0.1, -0.05) is 36.4 Å². The fourth-order valence-electron chi connectivity index (χ4n) is 2.89. The maximum Gasteiger partial charge on any atom is 0.334 e. The third-order valence-electron chi connectivity index (χ3n) is 4.14. The number of hydrogen-bond donors (Lipinski definition) is 0. The van der Waals surface area contributed by atoms with Crippen molar-refractivity contribution in [1.82, 2.24) is 0 Å². The first kappa shape index (κ1) is 15.7. The molecule has 4 rings (SSSR count). The first-order valence-corrected chi connectivity index (χ1v) is 8.21. The molecule has 25 heavy (non-hydrogen) atoms. The smallest absolute Gasteiger partial charge is 0.334 e. The zero-order chi connectivity index (χ0) is 17.1. The molecule has 1 saturated heterocycles. The van der Waals surface area contributed by atoms with Gasteiger partial charge in [-0.25, -0.2) is 4.79 Å². The Kier molecular flexibility index (Phi) is 4.39. The molecular formula is C20H18O5. The predicted molar refractivity (Wildman–Crippen MR) is 91.1 cm³/mol. The van der Waals surface area contributed by atoms with Gasteiger partial charge in [-0.2, -0.15) is 0 Å². The van der Waals surface area contributed by atoms with Gasteiger partial charge < -0.3 is 18.9 Å². The van der Waals surface area contributed by atoms with Crippen molar-refractivity contribution in [2.75, 3.05) is 13.4 Å². The Hall–Kier alpha value is -2.79. The summed E-state index contributed by atoms with van der Waals surface area (Å²) in [6.07, 6.45) is 2.14. The normalized spacial score (nSPS) is 20.1. The van der Waals surface area contributed by atoms with Gasteiger partial charge in [-0.05, 0) is 29.3 Å². The predicted octanol–water partition coefficient (Wildman–Crippen LogP) is 3.33. The van der Waals surface area contributed by atoms with Crippen LogP contribution >= 0.6 is 0 Å². The summed E-state index contributed by atoms with van der Waals surface area (Å²) in [5.74, 6) is 1.14. The van der Waals surface area contributed by atoms with Gasteiger partial charge in [0, 0.05) is 12.0 Å². The van der Waals surface area contributed by atoms with Gasteiger partial charge >= 0.3 is 5.97 Å². The van der Waals surface area contributed by atoms with Crippen molar-refractivity contribution >= 4 is 12.0 Å². The zero-order valence-electron chi connectivity index (χ0n) is 13.6. The maximum atomic E-state index is 12.1. The average molecular weight is 338 g/mol. The highest BCUT2D eigenvalue weighted by atomic mass is 16.7. The van der Waals surface area contributed by atoms with Crippen molar-refractivity contribution in [2.45, 2.75) is 19.1 Å². The second kappa shape index (κ2) is 6.99. The minimum absolute atomic E-state index is 0.234. The standard InChI is InChI=1S/C20H18O5/c21-20-16(8-15-6-7-18-19(9-15)24-13-23-18)10-17(25-20)12-22-11-14-4-2-1-3-5-14/h1-9,17H,10-13H2/b16-8+. The number of carbonyl (C=O) groups is 1. The number of esters is 1. The fourth-order valence-corrected chi connectivity index (χ4v) is 2.89. The minimum Gasteiger partial charge on any atom is -0.456 e. The van der Waals surface area contributed by atoms with Gasteiger partial charge in [0.2, 0.25) is 6.79 Å². The number of carbonyl (C=O) groups excluding carboxylic acids is 1. The molecule has 0 amide bonds. The van der Waals surface area contributed by atoms with Crippen molar-refractivity contribution in [2.24, 2.45) is 0 Å². The highest BCUT2D eigenvalue weighted by Gasteiger charge is 2.29. The number of fused-ring (bicyclic) bond motifs is 1. The van der Waals surface area contributed by atoms with E-state index in [1.54, 1.807) is 0 Å². The molecule has 2 aromatic carbocycles. The molecule has 0 spiro atoms. The van der Waals surface area contributed by atoms with E-state index in [1.807, 2.05) is 54.6 Å². The molecule has 0 bridgehead atoms. The van der Waals surface area contributed by atoms with E-state index in [1.165, 1.54) is 0 Å². The van der Waals surface area contributed by atoms with Crippen LogP contribution in [0.3, 0.4) is 0 Å². The minimum atomic E-state index is -0.286. The summed E-state index contributed by atoms with van der Waals surface area (Å²) in [5, 5.41) is 0. The van der Waals surface area contributed by atoms with E-state index in [2.05, 4.69) is 0 Å². The second-order valence-electron chi connectivity index (χ2n) is 6.01. The molecule has 1 unspecified atom stereocenters. The lowest BCUT2D eigenvalue weighted by atomic mass is 10.1. The lowest BCUT2D eigenvalue weighted by Gasteiger charge is -2.09. The third kappa shape index (κ3) is 3.67. The zero-order valence-corrected chi connectivity index (χ0v) is 13.6. The van der Waals surface area contributed by atoms with E-state index in [0.29, 0.717) is 31.0 Å². The van der Waals surface area contributed by atoms with Gasteiger partial charge in [0.1, 0.15) is 6.10 Å². The summed E-state index contributed by atoms with van der Waals surface area (Å²) < 4.78 is 21.7. The molecule has 1 fully saturated rings. The van der Waals surface area contributed by atoms with E-state index < -0.39 is 0 Å². The van der Waals surface area contributed by atoms with E-state index in [4.69, 9.17) is 18.9 Å². The lowest BCUT2D eigenvalue weighted by Crippen LogP contribution is -2.14. The number of rotatable bonds is 5. The van der Waals surface area contributed by atoms with Crippen LogP contribution in [0, 0.1) is 0 Å².